The number of carbonyl (C=O) groups excluding carboxylic acids is 1. The minimum atomic E-state index is 0.0719. The first-order valence-corrected chi connectivity index (χ1v) is 8.52. The van der Waals surface area contributed by atoms with Gasteiger partial charge >= 0.3 is 0 Å². The first-order valence-electron chi connectivity index (χ1n) is 8.52. The molecule has 1 aromatic rings. The van der Waals surface area contributed by atoms with Gasteiger partial charge in [0.25, 0.3) is 5.91 Å². The molecule has 3 aliphatic heterocycles. The van der Waals surface area contributed by atoms with Gasteiger partial charge < -0.3 is 10.1 Å². The second kappa shape index (κ2) is 6.01. The van der Waals surface area contributed by atoms with Gasteiger partial charge in [0, 0.05) is 36.3 Å². The molecule has 4 atom stereocenters. The summed E-state index contributed by atoms with van der Waals surface area (Å²) < 4.78 is 5.57. The summed E-state index contributed by atoms with van der Waals surface area (Å²) >= 11 is 0. The van der Waals surface area contributed by atoms with Gasteiger partial charge in [-0.25, -0.2) is 0 Å². The van der Waals surface area contributed by atoms with Gasteiger partial charge in [-0.3, -0.25) is 9.69 Å². The lowest BCUT2D eigenvalue weighted by Crippen LogP contribution is -2.54. The molecule has 3 aliphatic rings. The summed E-state index contributed by atoms with van der Waals surface area (Å²) in [6, 6.07) is 11.7. The molecule has 4 heteroatoms. The van der Waals surface area contributed by atoms with Crippen molar-refractivity contribution < 1.29 is 9.53 Å². The SMILES string of the molecule is O=C(NC1C[C@H]2CC[C@@H](C1)N2[C@H]1CCOC1)c1ccccc1. The van der Waals surface area contributed by atoms with Crippen molar-refractivity contribution in [3.05, 3.63) is 35.9 Å². The molecule has 0 spiro atoms. The Morgan fingerprint density at radius 2 is 1.77 bits per heavy atom. The second-order valence-electron chi connectivity index (χ2n) is 6.86. The van der Waals surface area contributed by atoms with Gasteiger partial charge in [-0.2, -0.15) is 0 Å². The molecule has 3 heterocycles. The van der Waals surface area contributed by atoms with E-state index in [0.29, 0.717) is 24.2 Å². The molecular weight excluding hydrogens is 276 g/mol. The maximum Gasteiger partial charge on any atom is 0.251 e. The number of piperidine rings is 1. The van der Waals surface area contributed by atoms with E-state index < -0.39 is 0 Å². The Bertz CT molecular complexity index is 513. The minimum absolute atomic E-state index is 0.0719. The number of hydrogen-bond donors (Lipinski definition) is 1. The van der Waals surface area contributed by atoms with Crippen LogP contribution >= 0.6 is 0 Å². The van der Waals surface area contributed by atoms with Crippen LogP contribution in [-0.4, -0.2) is 48.2 Å². The third-order valence-electron chi connectivity index (χ3n) is 5.49. The molecule has 4 rings (SSSR count). The van der Waals surface area contributed by atoms with Crippen molar-refractivity contribution in [2.24, 2.45) is 0 Å². The number of benzene rings is 1. The maximum atomic E-state index is 12.3. The van der Waals surface area contributed by atoms with E-state index in [1.165, 1.54) is 19.3 Å². The largest absolute Gasteiger partial charge is 0.380 e. The molecule has 1 unspecified atom stereocenters. The zero-order valence-electron chi connectivity index (χ0n) is 12.9. The van der Waals surface area contributed by atoms with Gasteiger partial charge in [-0.15, -0.1) is 0 Å². The summed E-state index contributed by atoms with van der Waals surface area (Å²) in [5, 5.41) is 3.25. The summed E-state index contributed by atoms with van der Waals surface area (Å²) in [4.78, 5) is 15.0. The molecule has 0 aliphatic carbocycles. The molecule has 1 aromatic carbocycles. The number of carbonyl (C=O) groups is 1. The molecule has 3 fully saturated rings. The molecule has 4 nitrogen and oxygen atoms in total. The van der Waals surface area contributed by atoms with Crippen LogP contribution in [0.5, 0.6) is 0 Å². The van der Waals surface area contributed by atoms with E-state index in [-0.39, 0.29) is 5.91 Å². The average Bonchev–Trinajstić information content (AvgIpc) is 3.14. The van der Waals surface area contributed by atoms with Gasteiger partial charge in [0.05, 0.1) is 6.61 Å². The monoisotopic (exact) mass is 300 g/mol. The van der Waals surface area contributed by atoms with Crippen LogP contribution in [0.2, 0.25) is 0 Å². The van der Waals surface area contributed by atoms with Crippen molar-refractivity contribution in [1.29, 1.82) is 0 Å². The highest BCUT2D eigenvalue weighted by molar-refractivity contribution is 5.94. The Labute approximate surface area is 131 Å². The van der Waals surface area contributed by atoms with E-state index in [1.54, 1.807) is 0 Å². The number of fused-ring (bicyclic) bond motifs is 2. The number of ether oxygens (including phenoxy) is 1. The summed E-state index contributed by atoms with van der Waals surface area (Å²) in [6.45, 7) is 1.81. The quantitative estimate of drug-likeness (QED) is 0.930. The van der Waals surface area contributed by atoms with E-state index in [4.69, 9.17) is 4.74 Å². The zero-order valence-corrected chi connectivity index (χ0v) is 12.9. The Kier molecular flexibility index (Phi) is 3.89. The van der Waals surface area contributed by atoms with Crippen LogP contribution in [0.25, 0.3) is 0 Å². The third kappa shape index (κ3) is 2.66. The summed E-state index contributed by atoms with van der Waals surface area (Å²) in [6.07, 6.45) is 5.91. The van der Waals surface area contributed by atoms with Crippen molar-refractivity contribution in [3.8, 4) is 0 Å². The molecule has 0 aromatic heterocycles. The van der Waals surface area contributed by atoms with E-state index in [0.717, 1.165) is 31.6 Å². The summed E-state index contributed by atoms with van der Waals surface area (Å²) in [7, 11) is 0. The predicted octanol–water partition coefficient (Wildman–Crippen LogP) is 2.20. The molecule has 2 bridgehead atoms. The number of nitrogens with one attached hydrogen (secondary N) is 1. The lowest BCUT2D eigenvalue weighted by Gasteiger charge is -2.42. The van der Waals surface area contributed by atoms with Crippen LogP contribution < -0.4 is 5.32 Å². The van der Waals surface area contributed by atoms with Crippen molar-refractivity contribution in [1.82, 2.24) is 10.2 Å². The van der Waals surface area contributed by atoms with Crippen LogP contribution in [-0.2, 0) is 4.74 Å². The lowest BCUT2D eigenvalue weighted by atomic mass is 9.94. The highest BCUT2D eigenvalue weighted by Gasteiger charge is 2.44. The molecule has 3 saturated heterocycles. The summed E-state index contributed by atoms with van der Waals surface area (Å²) in [5.74, 6) is 0.0719. The van der Waals surface area contributed by atoms with Crippen molar-refractivity contribution >= 4 is 5.91 Å². The Hall–Kier alpha value is -1.39. The fourth-order valence-electron chi connectivity index (χ4n) is 4.54. The number of amides is 1. The van der Waals surface area contributed by atoms with Crippen LogP contribution in [0, 0.1) is 0 Å². The normalized spacial score (nSPS) is 34.7. The van der Waals surface area contributed by atoms with E-state index in [9.17, 15) is 4.79 Å². The minimum Gasteiger partial charge on any atom is -0.380 e. The predicted molar refractivity (Wildman–Crippen MR) is 84.8 cm³/mol. The molecule has 22 heavy (non-hydrogen) atoms. The number of hydrogen-bond acceptors (Lipinski definition) is 3. The van der Waals surface area contributed by atoms with Crippen molar-refractivity contribution in [2.75, 3.05) is 13.2 Å². The Morgan fingerprint density at radius 3 is 2.41 bits per heavy atom. The Balaban J connectivity index is 1.39. The van der Waals surface area contributed by atoms with Gasteiger partial charge in [-0.05, 0) is 44.2 Å². The third-order valence-corrected chi connectivity index (χ3v) is 5.49. The standard InChI is InChI=1S/C18H24N2O2/c21-18(13-4-2-1-3-5-13)19-14-10-15-6-7-16(11-14)20(15)17-8-9-22-12-17/h1-5,14-17H,6-12H2,(H,19,21)/t14?,15-,16+,17-/m0/s1. The number of nitrogens with zero attached hydrogens (tertiary/aromatic N) is 1. The smallest absolute Gasteiger partial charge is 0.251 e. The highest BCUT2D eigenvalue weighted by atomic mass is 16.5. The second-order valence-corrected chi connectivity index (χ2v) is 6.86. The first-order chi connectivity index (χ1) is 10.8. The van der Waals surface area contributed by atoms with Gasteiger partial charge in [0.15, 0.2) is 0 Å². The maximum absolute atomic E-state index is 12.3. The van der Waals surface area contributed by atoms with Crippen molar-refractivity contribution in [2.45, 2.75) is 56.3 Å². The lowest BCUT2D eigenvalue weighted by molar-refractivity contribution is 0.0570. The van der Waals surface area contributed by atoms with Gasteiger partial charge in [-0.1, -0.05) is 18.2 Å². The topological polar surface area (TPSA) is 41.6 Å². The zero-order chi connectivity index (χ0) is 14.9. The molecular formula is C18H24N2O2. The van der Waals surface area contributed by atoms with Crippen LogP contribution in [0.3, 0.4) is 0 Å². The average molecular weight is 300 g/mol. The Morgan fingerprint density at radius 1 is 1.05 bits per heavy atom. The molecule has 118 valence electrons. The van der Waals surface area contributed by atoms with Crippen LogP contribution in [0.4, 0.5) is 0 Å². The fraction of sp³-hybridized carbons (Fsp3) is 0.611. The fourth-order valence-corrected chi connectivity index (χ4v) is 4.54. The van der Waals surface area contributed by atoms with E-state index in [1.807, 2.05) is 30.3 Å². The highest BCUT2D eigenvalue weighted by Crippen LogP contribution is 2.38. The summed E-state index contributed by atoms with van der Waals surface area (Å²) in [5.41, 5.74) is 0.765. The molecule has 1 N–H and O–H groups in total. The van der Waals surface area contributed by atoms with Crippen LogP contribution in [0.15, 0.2) is 30.3 Å². The first kappa shape index (κ1) is 14.2. The molecule has 0 radical (unpaired) electrons. The van der Waals surface area contributed by atoms with Crippen LogP contribution in [0.1, 0.15) is 42.5 Å². The van der Waals surface area contributed by atoms with E-state index >= 15 is 0 Å². The van der Waals surface area contributed by atoms with Crippen molar-refractivity contribution in [3.63, 3.8) is 0 Å². The molecule has 0 saturated carbocycles. The van der Waals surface area contributed by atoms with Gasteiger partial charge in [0.2, 0.25) is 0 Å². The number of rotatable bonds is 3. The van der Waals surface area contributed by atoms with Gasteiger partial charge in [0.1, 0.15) is 0 Å². The molecule has 1 amide bonds. The van der Waals surface area contributed by atoms with E-state index in [2.05, 4.69) is 10.2 Å².